The fourth-order valence-corrected chi connectivity index (χ4v) is 3.77. The fourth-order valence-electron chi connectivity index (χ4n) is 3.70. The third-order valence-electron chi connectivity index (χ3n) is 5.36. The topological polar surface area (TPSA) is 47.6 Å². The van der Waals surface area contributed by atoms with Gasteiger partial charge in [-0.3, -0.25) is 4.79 Å². The SMILES string of the molecule is CC1=C(CNCCC(=O)OCl)CCc2cc(OCCCc3ccccc3)ccc21. The third-order valence-corrected chi connectivity index (χ3v) is 5.53. The number of nitrogens with one attached hydrogen (secondary N) is 1. The van der Waals surface area contributed by atoms with E-state index in [4.69, 9.17) is 16.6 Å². The Bertz CT molecular complexity index is 848. The van der Waals surface area contributed by atoms with Gasteiger partial charge in [0.05, 0.1) is 13.0 Å². The van der Waals surface area contributed by atoms with Crippen molar-refractivity contribution in [2.24, 2.45) is 0 Å². The van der Waals surface area contributed by atoms with Crippen LogP contribution in [0.3, 0.4) is 0 Å². The lowest BCUT2D eigenvalue weighted by Crippen LogP contribution is -2.22. The van der Waals surface area contributed by atoms with Crippen LogP contribution >= 0.6 is 11.9 Å². The molecule has 0 spiro atoms. The number of carbonyl (C=O) groups excluding carboxylic acids is 1. The van der Waals surface area contributed by atoms with Crippen molar-refractivity contribution in [3.8, 4) is 5.75 Å². The Morgan fingerprint density at radius 3 is 2.76 bits per heavy atom. The second kappa shape index (κ2) is 11.0. The van der Waals surface area contributed by atoms with Crippen molar-refractivity contribution in [3.63, 3.8) is 0 Å². The smallest absolute Gasteiger partial charge is 0.326 e. The van der Waals surface area contributed by atoms with Crippen molar-refractivity contribution in [3.05, 3.63) is 70.8 Å². The first-order valence-electron chi connectivity index (χ1n) is 10.2. The monoisotopic (exact) mass is 413 g/mol. The molecule has 3 rings (SSSR count). The van der Waals surface area contributed by atoms with E-state index in [0.717, 1.165) is 44.6 Å². The molecule has 154 valence electrons. The van der Waals surface area contributed by atoms with Crippen LogP contribution in [0.1, 0.15) is 42.9 Å². The summed E-state index contributed by atoms with van der Waals surface area (Å²) >= 11 is 5.04. The molecule has 2 aromatic carbocycles. The Labute approximate surface area is 178 Å². The first-order chi connectivity index (χ1) is 14.2. The minimum absolute atomic E-state index is 0.275. The van der Waals surface area contributed by atoms with E-state index in [1.807, 2.05) is 6.07 Å². The van der Waals surface area contributed by atoms with E-state index < -0.39 is 5.97 Å². The summed E-state index contributed by atoms with van der Waals surface area (Å²) in [5.74, 6) is 0.543. The fraction of sp³-hybridized carbons (Fsp3) is 0.375. The molecular formula is C24H28ClNO3. The molecule has 1 aliphatic rings. The van der Waals surface area contributed by atoms with Gasteiger partial charge in [0.2, 0.25) is 0 Å². The van der Waals surface area contributed by atoms with Crippen LogP contribution in [0.2, 0.25) is 0 Å². The number of halogens is 1. The zero-order valence-electron chi connectivity index (χ0n) is 16.9. The first kappa shape index (κ1) is 21.4. The van der Waals surface area contributed by atoms with Crippen LogP contribution in [-0.4, -0.2) is 25.7 Å². The molecule has 4 nitrogen and oxygen atoms in total. The molecule has 2 aromatic rings. The van der Waals surface area contributed by atoms with Crippen LogP contribution in [0.5, 0.6) is 5.75 Å². The number of allylic oxidation sites excluding steroid dienone is 1. The molecule has 0 fully saturated rings. The molecule has 5 heteroatoms. The summed E-state index contributed by atoms with van der Waals surface area (Å²) in [7, 11) is 0. The van der Waals surface area contributed by atoms with Crippen LogP contribution in [0.4, 0.5) is 0 Å². The quantitative estimate of drug-likeness (QED) is 0.551. The molecular weight excluding hydrogens is 386 g/mol. The number of ether oxygens (including phenoxy) is 1. The average molecular weight is 414 g/mol. The summed E-state index contributed by atoms with van der Waals surface area (Å²) < 4.78 is 10.1. The van der Waals surface area contributed by atoms with Crippen molar-refractivity contribution < 1.29 is 13.8 Å². The summed E-state index contributed by atoms with van der Waals surface area (Å²) in [6.45, 7) is 4.23. The standard InChI is InChI=1S/C24H28ClNO3/c1-18-21(17-26-14-13-24(27)29-25)10-9-20-16-22(11-12-23(18)20)28-15-5-8-19-6-3-2-4-7-19/h2-4,6-7,11-12,16,26H,5,8-10,13-15,17H2,1H3. The Kier molecular flexibility index (Phi) is 8.14. The number of benzene rings is 2. The van der Waals surface area contributed by atoms with Gasteiger partial charge in [-0.05, 0) is 67.0 Å². The maximum atomic E-state index is 11.1. The third kappa shape index (κ3) is 6.34. The van der Waals surface area contributed by atoms with Crippen molar-refractivity contribution >= 4 is 23.4 Å². The van der Waals surface area contributed by atoms with Gasteiger partial charge in [0.25, 0.3) is 0 Å². The number of hydrogen-bond donors (Lipinski definition) is 1. The molecule has 1 N–H and O–H groups in total. The number of fused-ring (bicyclic) bond motifs is 1. The predicted molar refractivity (Wildman–Crippen MR) is 117 cm³/mol. The van der Waals surface area contributed by atoms with E-state index in [0.29, 0.717) is 6.54 Å². The van der Waals surface area contributed by atoms with Crippen LogP contribution in [0.15, 0.2) is 54.1 Å². The number of hydrogen-bond acceptors (Lipinski definition) is 4. The van der Waals surface area contributed by atoms with Gasteiger partial charge in [-0.1, -0.05) is 42.0 Å². The maximum absolute atomic E-state index is 11.1. The van der Waals surface area contributed by atoms with Crippen molar-refractivity contribution in [1.29, 1.82) is 0 Å². The van der Waals surface area contributed by atoms with Gasteiger partial charge >= 0.3 is 5.97 Å². The van der Waals surface area contributed by atoms with Crippen LogP contribution in [-0.2, 0) is 21.9 Å². The zero-order valence-corrected chi connectivity index (χ0v) is 17.6. The van der Waals surface area contributed by atoms with Gasteiger partial charge in [0, 0.05) is 13.1 Å². The number of rotatable bonds is 10. The molecule has 0 heterocycles. The second-order valence-corrected chi connectivity index (χ2v) is 7.52. The average Bonchev–Trinajstić information content (AvgIpc) is 2.76. The summed E-state index contributed by atoms with van der Waals surface area (Å²) in [5, 5.41) is 3.30. The van der Waals surface area contributed by atoms with Gasteiger partial charge in [0.15, 0.2) is 0 Å². The van der Waals surface area contributed by atoms with Crippen LogP contribution in [0.25, 0.3) is 5.57 Å². The van der Waals surface area contributed by atoms with E-state index in [2.05, 4.69) is 59.0 Å². The lowest BCUT2D eigenvalue weighted by Gasteiger charge is -2.22. The summed E-state index contributed by atoms with van der Waals surface area (Å²) in [5.41, 5.74) is 6.69. The Morgan fingerprint density at radius 1 is 1.14 bits per heavy atom. The lowest BCUT2D eigenvalue weighted by molar-refractivity contribution is -0.133. The highest BCUT2D eigenvalue weighted by Gasteiger charge is 2.16. The van der Waals surface area contributed by atoms with E-state index >= 15 is 0 Å². The number of aryl methyl sites for hydroxylation is 2. The molecule has 1 aliphatic carbocycles. The normalized spacial score (nSPS) is 13.2. The molecule has 0 unspecified atom stereocenters. The molecule has 0 radical (unpaired) electrons. The van der Waals surface area contributed by atoms with Crippen molar-refractivity contribution in [1.82, 2.24) is 5.32 Å². The summed E-state index contributed by atoms with van der Waals surface area (Å²) in [6, 6.07) is 16.9. The minimum Gasteiger partial charge on any atom is -0.494 e. The molecule has 0 saturated heterocycles. The molecule has 29 heavy (non-hydrogen) atoms. The zero-order chi connectivity index (χ0) is 20.5. The molecule has 0 amide bonds. The summed E-state index contributed by atoms with van der Waals surface area (Å²) in [4.78, 5) is 11.1. The maximum Gasteiger partial charge on any atom is 0.326 e. The van der Waals surface area contributed by atoms with Gasteiger partial charge in [-0.15, -0.1) is 0 Å². The molecule has 0 aromatic heterocycles. The van der Waals surface area contributed by atoms with E-state index in [9.17, 15) is 4.79 Å². The lowest BCUT2D eigenvalue weighted by atomic mass is 9.86. The molecule has 0 bridgehead atoms. The van der Waals surface area contributed by atoms with Crippen LogP contribution < -0.4 is 10.1 Å². The van der Waals surface area contributed by atoms with E-state index in [1.54, 1.807) is 0 Å². The van der Waals surface area contributed by atoms with Crippen molar-refractivity contribution in [2.45, 2.75) is 39.0 Å². The molecule has 0 saturated carbocycles. The first-order valence-corrected chi connectivity index (χ1v) is 10.5. The highest BCUT2D eigenvalue weighted by Crippen LogP contribution is 2.33. The second-order valence-electron chi connectivity index (χ2n) is 7.36. The summed E-state index contributed by atoms with van der Waals surface area (Å²) in [6.07, 6.45) is 4.34. The van der Waals surface area contributed by atoms with Crippen molar-refractivity contribution in [2.75, 3.05) is 19.7 Å². The Morgan fingerprint density at radius 2 is 1.97 bits per heavy atom. The molecule has 0 aliphatic heterocycles. The Hall–Kier alpha value is -2.30. The minimum atomic E-state index is -0.407. The van der Waals surface area contributed by atoms with Gasteiger partial charge in [0.1, 0.15) is 17.6 Å². The van der Waals surface area contributed by atoms with E-state index in [1.165, 1.54) is 27.8 Å². The molecule has 0 atom stereocenters. The van der Waals surface area contributed by atoms with Crippen LogP contribution in [0, 0.1) is 0 Å². The predicted octanol–water partition coefficient (Wildman–Crippen LogP) is 5.09. The number of carbonyl (C=O) groups is 1. The Balaban J connectivity index is 1.49. The van der Waals surface area contributed by atoms with Gasteiger partial charge in [-0.2, -0.15) is 0 Å². The largest absolute Gasteiger partial charge is 0.494 e. The van der Waals surface area contributed by atoms with E-state index in [-0.39, 0.29) is 6.42 Å². The highest BCUT2D eigenvalue weighted by atomic mass is 35.5. The van der Waals surface area contributed by atoms with Gasteiger partial charge < -0.3 is 14.3 Å². The van der Waals surface area contributed by atoms with Gasteiger partial charge in [-0.25, -0.2) is 0 Å². The highest BCUT2D eigenvalue weighted by molar-refractivity contribution is 6.13.